The summed E-state index contributed by atoms with van der Waals surface area (Å²) in [7, 11) is 4.33. The number of rotatable bonds is 6. The number of hydrogen-bond donors (Lipinski definition) is 0. The number of hydrogen-bond acceptors (Lipinski definition) is 1. The molecule has 2 aromatic rings. The van der Waals surface area contributed by atoms with E-state index in [0.29, 0.717) is 5.92 Å². The van der Waals surface area contributed by atoms with Crippen LogP contribution in [0.3, 0.4) is 0 Å². The Balaban J connectivity index is 0.00000242. The number of nitrogens with zero attached hydrogens (tertiary/aromatic N) is 1. The minimum absolute atomic E-state index is 0. The summed E-state index contributed by atoms with van der Waals surface area (Å²) in [5.74, 6) is 0.478. The molecule has 0 unspecified atom stereocenters. The first-order valence-electron chi connectivity index (χ1n) is 7.78. The normalized spacial score (nSPS) is 11.5. The number of halogens is 1. The third-order valence-electron chi connectivity index (χ3n) is 4.66. The van der Waals surface area contributed by atoms with Gasteiger partial charge in [0.25, 0.3) is 0 Å². The molecular weight excluding hydrogens is 290 g/mol. The lowest BCUT2D eigenvalue weighted by Gasteiger charge is -2.34. The van der Waals surface area contributed by atoms with Gasteiger partial charge >= 0.3 is 0 Å². The highest BCUT2D eigenvalue weighted by atomic mass is 35.5. The van der Waals surface area contributed by atoms with Crippen LogP contribution in [-0.4, -0.2) is 24.5 Å². The van der Waals surface area contributed by atoms with E-state index in [9.17, 15) is 0 Å². The summed E-state index contributed by atoms with van der Waals surface area (Å²) in [5.41, 5.74) is 3.05. The highest BCUT2D eigenvalue weighted by Gasteiger charge is 2.23. The summed E-state index contributed by atoms with van der Waals surface area (Å²) in [6.07, 6.45) is 2.34. The molecule has 0 aromatic heterocycles. The van der Waals surface area contributed by atoms with Crippen molar-refractivity contribution in [3.8, 4) is 0 Å². The van der Waals surface area contributed by atoms with E-state index in [2.05, 4.69) is 93.5 Å². The Kier molecular flexibility index (Phi) is 7.12. The fourth-order valence-corrected chi connectivity index (χ4v) is 2.62. The monoisotopic (exact) mass is 317 g/mol. The van der Waals surface area contributed by atoms with Crippen LogP contribution in [0.25, 0.3) is 0 Å². The third kappa shape index (κ3) is 4.86. The Morgan fingerprint density at radius 1 is 0.818 bits per heavy atom. The molecule has 0 aliphatic rings. The maximum Gasteiger partial charge on any atom is 0.0147 e. The molecule has 0 aliphatic carbocycles. The average molecular weight is 318 g/mol. The van der Waals surface area contributed by atoms with E-state index in [0.717, 1.165) is 0 Å². The maximum absolute atomic E-state index is 2.32. The van der Waals surface area contributed by atoms with Crippen LogP contribution >= 0.6 is 12.4 Å². The topological polar surface area (TPSA) is 3.24 Å². The van der Waals surface area contributed by atoms with Crippen molar-refractivity contribution in [1.29, 1.82) is 0 Å². The average Bonchev–Trinajstić information content (AvgIpc) is 2.49. The van der Waals surface area contributed by atoms with Gasteiger partial charge in [0.05, 0.1) is 0 Å². The number of benzene rings is 2. The Morgan fingerprint density at radius 3 is 1.59 bits per heavy atom. The molecule has 0 N–H and O–H groups in total. The van der Waals surface area contributed by atoms with E-state index in [1.165, 1.54) is 24.0 Å². The van der Waals surface area contributed by atoms with Crippen molar-refractivity contribution in [3.05, 3.63) is 71.8 Å². The minimum atomic E-state index is 0. The van der Waals surface area contributed by atoms with Gasteiger partial charge in [0.1, 0.15) is 0 Å². The Bertz CT molecular complexity index is 495. The quantitative estimate of drug-likeness (QED) is 0.693. The molecule has 0 spiro atoms. The van der Waals surface area contributed by atoms with Crippen molar-refractivity contribution in [3.63, 3.8) is 0 Å². The molecule has 120 valence electrons. The minimum Gasteiger partial charge on any atom is -0.304 e. The Labute approximate surface area is 141 Å². The molecule has 22 heavy (non-hydrogen) atoms. The van der Waals surface area contributed by atoms with Gasteiger partial charge in [-0.1, -0.05) is 60.7 Å². The summed E-state index contributed by atoms with van der Waals surface area (Å²) in [6, 6.07) is 21.8. The molecule has 0 atom stereocenters. The highest BCUT2D eigenvalue weighted by molar-refractivity contribution is 5.85. The second-order valence-electron chi connectivity index (χ2n) is 6.62. The zero-order chi connectivity index (χ0) is 15.3. The Morgan fingerprint density at radius 2 is 1.23 bits per heavy atom. The summed E-state index contributed by atoms with van der Waals surface area (Å²) in [5, 5.41) is 0. The molecule has 0 saturated heterocycles. The second-order valence-corrected chi connectivity index (χ2v) is 6.62. The summed E-state index contributed by atoms with van der Waals surface area (Å²) in [4.78, 5) is 2.32. The van der Waals surface area contributed by atoms with Crippen LogP contribution in [0.2, 0.25) is 0 Å². The van der Waals surface area contributed by atoms with Crippen LogP contribution in [0.4, 0.5) is 0 Å². The summed E-state index contributed by atoms with van der Waals surface area (Å²) >= 11 is 0. The first-order chi connectivity index (χ1) is 10.0. The van der Waals surface area contributed by atoms with Crippen molar-refractivity contribution in [2.75, 3.05) is 14.1 Å². The van der Waals surface area contributed by atoms with Gasteiger partial charge in [0.2, 0.25) is 0 Å². The van der Waals surface area contributed by atoms with Gasteiger partial charge in [0.15, 0.2) is 0 Å². The largest absolute Gasteiger partial charge is 0.304 e. The van der Waals surface area contributed by atoms with Crippen molar-refractivity contribution < 1.29 is 0 Å². The molecule has 0 radical (unpaired) electrons. The molecular formula is C20H28ClN. The molecule has 2 rings (SSSR count). The van der Waals surface area contributed by atoms with E-state index in [-0.39, 0.29) is 17.9 Å². The lowest BCUT2D eigenvalue weighted by atomic mass is 9.83. The van der Waals surface area contributed by atoms with Crippen LogP contribution in [0.15, 0.2) is 60.7 Å². The van der Waals surface area contributed by atoms with Crippen LogP contribution in [0.1, 0.15) is 43.7 Å². The molecule has 0 heterocycles. The molecule has 0 aliphatic heterocycles. The van der Waals surface area contributed by atoms with Crippen LogP contribution in [0, 0.1) is 0 Å². The first kappa shape index (κ1) is 18.7. The summed E-state index contributed by atoms with van der Waals surface area (Å²) in [6.45, 7) is 4.64. The molecule has 2 aromatic carbocycles. The molecule has 1 nitrogen and oxygen atoms in total. The van der Waals surface area contributed by atoms with E-state index in [1.807, 2.05) is 0 Å². The second kappa shape index (κ2) is 8.36. The van der Waals surface area contributed by atoms with Crippen LogP contribution in [-0.2, 0) is 0 Å². The van der Waals surface area contributed by atoms with Gasteiger partial charge in [-0.05, 0) is 51.9 Å². The molecule has 0 amide bonds. The molecule has 0 fully saturated rings. The van der Waals surface area contributed by atoms with Gasteiger partial charge in [0, 0.05) is 11.5 Å². The van der Waals surface area contributed by atoms with Gasteiger partial charge in [-0.2, -0.15) is 0 Å². The van der Waals surface area contributed by atoms with Gasteiger partial charge < -0.3 is 4.90 Å². The predicted molar refractivity (Wildman–Crippen MR) is 99.0 cm³/mol. The van der Waals surface area contributed by atoms with Gasteiger partial charge in [-0.15, -0.1) is 12.4 Å². The van der Waals surface area contributed by atoms with Gasteiger partial charge in [-0.3, -0.25) is 0 Å². The lowest BCUT2D eigenvalue weighted by molar-refractivity contribution is 0.177. The van der Waals surface area contributed by atoms with Crippen molar-refractivity contribution in [2.24, 2.45) is 0 Å². The standard InChI is InChI=1S/C20H27N.ClH/c1-20(2,21(3)4)16-15-19(17-11-7-5-8-12-17)18-13-9-6-10-14-18;/h5-14,19H,15-16H2,1-4H3;1H. The first-order valence-corrected chi connectivity index (χ1v) is 7.78. The highest BCUT2D eigenvalue weighted by Crippen LogP contribution is 2.32. The molecule has 0 bridgehead atoms. The fourth-order valence-electron chi connectivity index (χ4n) is 2.62. The smallest absolute Gasteiger partial charge is 0.0147 e. The van der Waals surface area contributed by atoms with Crippen molar-refractivity contribution in [2.45, 2.75) is 38.1 Å². The molecule has 2 heteroatoms. The summed E-state index contributed by atoms with van der Waals surface area (Å²) < 4.78 is 0. The van der Waals surface area contributed by atoms with Gasteiger partial charge in [-0.25, -0.2) is 0 Å². The van der Waals surface area contributed by atoms with E-state index in [1.54, 1.807) is 0 Å². The fraction of sp³-hybridized carbons (Fsp3) is 0.400. The SMILES string of the molecule is CN(C)C(C)(C)CCC(c1ccccc1)c1ccccc1.Cl. The molecule has 0 saturated carbocycles. The van der Waals surface area contributed by atoms with Crippen molar-refractivity contribution in [1.82, 2.24) is 4.90 Å². The Hall–Kier alpha value is -1.31. The van der Waals surface area contributed by atoms with E-state index < -0.39 is 0 Å². The maximum atomic E-state index is 2.32. The zero-order valence-corrected chi connectivity index (χ0v) is 14.9. The predicted octanol–water partition coefficient (Wildman–Crippen LogP) is 5.36. The van der Waals surface area contributed by atoms with E-state index in [4.69, 9.17) is 0 Å². The van der Waals surface area contributed by atoms with Crippen molar-refractivity contribution >= 4 is 12.4 Å². The zero-order valence-electron chi connectivity index (χ0n) is 14.1. The van der Waals surface area contributed by atoms with E-state index >= 15 is 0 Å². The van der Waals surface area contributed by atoms with Crippen LogP contribution in [0.5, 0.6) is 0 Å². The lowest BCUT2D eigenvalue weighted by Crippen LogP contribution is -2.38. The van der Waals surface area contributed by atoms with Crippen LogP contribution < -0.4 is 0 Å². The third-order valence-corrected chi connectivity index (χ3v) is 4.66.